The van der Waals surface area contributed by atoms with Crippen molar-refractivity contribution in [3.63, 3.8) is 0 Å². The second kappa shape index (κ2) is 7.97. The van der Waals surface area contributed by atoms with Gasteiger partial charge in [0.15, 0.2) is 0 Å². The number of nitrogens with one attached hydrogen (secondary N) is 1. The molecule has 0 radical (unpaired) electrons. The predicted octanol–water partition coefficient (Wildman–Crippen LogP) is 1.29. The zero-order chi connectivity index (χ0) is 17.8. The first-order chi connectivity index (χ1) is 12.1. The lowest BCUT2D eigenvalue weighted by molar-refractivity contribution is -0.141. The Morgan fingerprint density at radius 1 is 1.20 bits per heavy atom. The number of benzene rings is 1. The standard InChI is InChI=1S/C19H27N3O3/c1-20-18(23)16-5-3-4-15(12-16)17-13-22(9-8-21(17)2)19(24)14-6-10-25-11-7-14/h3-5,12,14,17H,6-11,13H2,1-2H3,(H,20,23). The number of amides is 2. The monoisotopic (exact) mass is 345 g/mol. The van der Waals surface area contributed by atoms with Crippen LogP contribution in [-0.4, -0.2) is 68.6 Å². The van der Waals surface area contributed by atoms with E-state index >= 15 is 0 Å². The Morgan fingerprint density at radius 3 is 2.68 bits per heavy atom. The van der Waals surface area contributed by atoms with Crippen molar-refractivity contribution in [1.29, 1.82) is 0 Å². The van der Waals surface area contributed by atoms with Crippen LogP contribution in [0.1, 0.15) is 34.8 Å². The van der Waals surface area contributed by atoms with E-state index in [2.05, 4.69) is 17.3 Å². The maximum atomic E-state index is 12.8. The fourth-order valence-corrected chi connectivity index (χ4v) is 3.67. The van der Waals surface area contributed by atoms with Gasteiger partial charge >= 0.3 is 0 Å². The van der Waals surface area contributed by atoms with Gasteiger partial charge in [-0.1, -0.05) is 12.1 Å². The summed E-state index contributed by atoms with van der Waals surface area (Å²) in [5.74, 6) is 0.259. The van der Waals surface area contributed by atoms with E-state index in [1.54, 1.807) is 7.05 Å². The van der Waals surface area contributed by atoms with E-state index in [1.807, 2.05) is 29.2 Å². The molecule has 0 spiro atoms. The summed E-state index contributed by atoms with van der Waals surface area (Å²) in [4.78, 5) is 29.0. The summed E-state index contributed by atoms with van der Waals surface area (Å²) >= 11 is 0. The number of likely N-dealkylation sites (N-methyl/N-ethyl adjacent to an activating group) is 1. The molecule has 0 aromatic heterocycles. The zero-order valence-corrected chi connectivity index (χ0v) is 15.0. The largest absolute Gasteiger partial charge is 0.381 e. The first kappa shape index (κ1) is 17.9. The van der Waals surface area contributed by atoms with E-state index in [0.29, 0.717) is 25.3 Å². The minimum atomic E-state index is -0.0875. The zero-order valence-electron chi connectivity index (χ0n) is 15.0. The lowest BCUT2D eigenvalue weighted by Gasteiger charge is -2.41. The highest BCUT2D eigenvalue weighted by Gasteiger charge is 2.32. The molecule has 2 amide bonds. The third-order valence-corrected chi connectivity index (χ3v) is 5.29. The molecule has 2 saturated heterocycles. The summed E-state index contributed by atoms with van der Waals surface area (Å²) in [6.45, 7) is 3.63. The maximum absolute atomic E-state index is 12.8. The predicted molar refractivity (Wildman–Crippen MR) is 95.3 cm³/mol. The Hall–Kier alpha value is -1.92. The molecule has 0 saturated carbocycles. The molecule has 1 aromatic carbocycles. The molecule has 2 heterocycles. The van der Waals surface area contributed by atoms with Gasteiger partial charge in [0.25, 0.3) is 5.91 Å². The smallest absolute Gasteiger partial charge is 0.251 e. The van der Waals surface area contributed by atoms with Gasteiger partial charge in [0, 0.05) is 51.4 Å². The van der Waals surface area contributed by atoms with Crippen LogP contribution in [0.3, 0.4) is 0 Å². The molecule has 2 aliphatic heterocycles. The van der Waals surface area contributed by atoms with Gasteiger partial charge in [0.05, 0.1) is 6.04 Å². The van der Waals surface area contributed by atoms with Crippen LogP contribution in [-0.2, 0) is 9.53 Å². The number of carbonyl (C=O) groups excluding carboxylic acids is 2. The number of piperazine rings is 1. The fraction of sp³-hybridized carbons (Fsp3) is 0.579. The Labute approximate surface area is 149 Å². The van der Waals surface area contributed by atoms with Gasteiger partial charge in [0.2, 0.25) is 5.91 Å². The second-order valence-corrected chi connectivity index (χ2v) is 6.87. The molecule has 2 fully saturated rings. The molecule has 1 N–H and O–H groups in total. The number of hydrogen-bond acceptors (Lipinski definition) is 4. The number of nitrogens with zero attached hydrogens (tertiary/aromatic N) is 2. The average molecular weight is 345 g/mol. The van der Waals surface area contributed by atoms with Crippen LogP contribution in [0, 0.1) is 5.92 Å². The normalized spacial score (nSPS) is 22.6. The molecule has 6 nitrogen and oxygen atoms in total. The van der Waals surface area contributed by atoms with Crippen molar-refractivity contribution < 1.29 is 14.3 Å². The lowest BCUT2D eigenvalue weighted by atomic mass is 9.96. The molecule has 1 atom stereocenters. The van der Waals surface area contributed by atoms with Crippen LogP contribution in [0.25, 0.3) is 0 Å². The summed E-state index contributed by atoms with van der Waals surface area (Å²) in [5, 5.41) is 2.66. The molecular weight excluding hydrogens is 318 g/mol. The third-order valence-electron chi connectivity index (χ3n) is 5.29. The molecule has 6 heteroatoms. The Bertz CT molecular complexity index is 628. The van der Waals surface area contributed by atoms with Gasteiger partial charge in [-0.2, -0.15) is 0 Å². The van der Waals surface area contributed by atoms with Crippen LogP contribution in [0.15, 0.2) is 24.3 Å². The van der Waals surface area contributed by atoms with Crippen LogP contribution in [0.4, 0.5) is 0 Å². The van der Waals surface area contributed by atoms with E-state index in [9.17, 15) is 9.59 Å². The van der Waals surface area contributed by atoms with Crippen molar-refractivity contribution in [2.24, 2.45) is 5.92 Å². The molecule has 1 aromatic rings. The van der Waals surface area contributed by atoms with Crippen LogP contribution in [0.5, 0.6) is 0 Å². The van der Waals surface area contributed by atoms with Crippen molar-refractivity contribution in [2.75, 3.05) is 46.9 Å². The fourth-order valence-electron chi connectivity index (χ4n) is 3.67. The van der Waals surface area contributed by atoms with Crippen molar-refractivity contribution >= 4 is 11.8 Å². The molecule has 2 aliphatic rings. The summed E-state index contributed by atoms with van der Waals surface area (Å²) in [5.41, 5.74) is 1.73. The Balaban J connectivity index is 1.74. The van der Waals surface area contributed by atoms with Crippen molar-refractivity contribution in [2.45, 2.75) is 18.9 Å². The Morgan fingerprint density at radius 2 is 1.96 bits per heavy atom. The highest BCUT2D eigenvalue weighted by molar-refractivity contribution is 5.94. The number of ether oxygens (including phenoxy) is 1. The van der Waals surface area contributed by atoms with Gasteiger partial charge in [0.1, 0.15) is 0 Å². The van der Waals surface area contributed by atoms with Crippen LogP contribution < -0.4 is 5.32 Å². The van der Waals surface area contributed by atoms with E-state index in [4.69, 9.17) is 4.74 Å². The van der Waals surface area contributed by atoms with Gasteiger partial charge in [-0.3, -0.25) is 14.5 Å². The van der Waals surface area contributed by atoms with Crippen molar-refractivity contribution in [3.8, 4) is 0 Å². The maximum Gasteiger partial charge on any atom is 0.251 e. The molecule has 1 unspecified atom stereocenters. The quantitative estimate of drug-likeness (QED) is 0.897. The molecule has 0 bridgehead atoms. The first-order valence-electron chi connectivity index (χ1n) is 8.99. The SMILES string of the molecule is CNC(=O)c1cccc(C2CN(C(=O)C3CCOCC3)CCN2C)c1. The summed E-state index contributed by atoms with van der Waals surface area (Å²) in [6.07, 6.45) is 1.64. The Kier molecular flexibility index (Phi) is 5.71. The number of carbonyl (C=O) groups is 2. The van der Waals surface area contributed by atoms with Crippen LogP contribution >= 0.6 is 0 Å². The van der Waals surface area contributed by atoms with Gasteiger partial charge in [-0.25, -0.2) is 0 Å². The van der Waals surface area contributed by atoms with Crippen LogP contribution in [0.2, 0.25) is 0 Å². The topological polar surface area (TPSA) is 61.9 Å². The van der Waals surface area contributed by atoms with E-state index in [-0.39, 0.29) is 23.8 Å². The number of rotatable bonds is 3. The van der Waals surface area contributed by atoms with Crippen molar-refractivity contribution in [1.82, 2.24) is 15.1 Å². The molecular formula is C19H27N3O3. The van der Waals surface area contributed by atoms with Gasteiger partial charge < -0.3 is 15.0 Å². The lowest BCUT2D eigenvalue weighted by Crippen LogP contribution is -2.51. The molecule has 25 heavy (non-hydrogen) atoms. The van der Waals surface area contributed by atoms with Crippen molar-refractivity contribution in [3.05, 3.63) is 35.4 Å². The van der Waals surface area contributed by atoms with E-state index < -0.39 is 0 Å². The minimum Gasteiger partial charge on any atom is -0.381 e. The van der Waals surface area contributed by atoms with E-state index in [1.165, 1.54) is 0 Å². The van der Waals surface area contributed by atoms with Gasteiger partial charge in [-0.05, 0) is 37.6 Å². The summed E-state index contributed by atoms with van der Waals surface area (Å²) in [7, 11) is 3.71. The average Bonchev–Trinajstić information content (AvgIpc) is 2.68. The highest BCUT2D eigenvalue weighted by Crippen LogP contribution is 2.27. The summed E-state index contributed by atoms with van der Waals surface area (Å²) in [6, 6.07) is 7.81. The first-order valence-corrected chi connectivity index (χ1v) is 8.99. The molecule has 0 aliphatic carbocycles. The summed E-state index contributed by atoms with van der Waals surface area (Å²) < 4.78 is 5.37. The second-order valence-electron chi connectivity index (χ2n) is 6.87. The van der Waals surface area contributed by atoms with E-state index in [0.717, 1.165) is 31.5 Å². The molecule has 3 rings (SSSR count). The van der Waals surface area contributed by atoms with Gasteiger partial charge in [-0.15, -0.1) is 0 Å². The molecule has 136 valence electrons. The highest BCUT2D eigenvalue weighted by atomic mass is 16.5. The third kappa shape index (κ3) is 4.02. The number of hydrogen-bond donors (Lipinski definition) is 1. The minimum absolute atomic E-state index is 0.0875.